The predicted molar refractivity (Wildman–Crippen MR) is 210 cm³/mol. The van der Waals surface area contributed by atoms with Crippen molar-refractivity contribution in [3.8, 4) is 5.88 Å². The van der Waals surface area contributed by atoms with Crippen LogP contribution in [0.15, 0.2) is 82.1 Å². The SMILES string of the molecule is COC(=O)[C@@H]1CCCN1[S@@](=O)(=NC(=O)OC(C)(C)C)c1ccc(C)nc1O[C@@H]1CCC[C@H](CCO[Si](c2ccccc2)(c2ccccc2)C(C)(C)C)C1. The molecule has 2 aliphatic rings. The summed E-state index contributed by atoms with van der Waals surface area (Å²) in [5.74, 6) is -0.0297. The molecule has 0 spiro atoms. The zero-order valence-electron chi connectivity index (χ0n) is 32.6. The highest BCUT2D eigenvalue weighted by Crippen LogP contribution is 2.39. The van der Waals surface area contributed by atoms with Crippen LogP contribution >= 0.6 is 0 Å². The number of amides is 1. The highest BCUT2D eigenvalue weighted by atomic mass is 32.2. The van der Waals surface area contributed by atoms with E-state index in [1.54, 1.807) is 32.9 Å². The largest absolute Gasteiger partial charge is 0.473 e. The smallest absolute Gasteiger partial charge is 0.443 e. The Morgan fingerprint density at radius 1 is 0.906 bits per heavy atom. The van der Waals surface area contributed by atoms with E-state index in [2.05, 4.69) is 85.8 Å². The van der Waals surface area contributed by atoms with E-state index in [0.29, 0.717) is 31.1 Å². The standard InChI is InChI=1S/C41H57N3O7SSi/c1-30-24-25-36(52(47,43-39(46)51-40(2,3)4)44-27-16-23-35(44)38(45)48-8)37(42-30)50-32-18-15-17-31(29-32)26-28-49-53(41(5,6)7,33-19-11-9-12-20-33)34-21-13-10-14-22-34/h9-14,19-22,24-25,31-32,35H,15-18,23,26-29H2,1-8H3/t31-,32-,35+,52+/m1/s1. The minimum absolute atomic E-state index is 0.110. The molecule has 3 aromatic rings. The molecule has 10 nitrogen and oxygen atoms in total. The van der Waals surface area contributed by atoms with Crippen LogP contribution in [0, 0.1) is 12.8 Å². The maximum Gasteiger partial charge on any atom is 0.443 e. The van der Waals surface area contributed by atoms with Crippen LogP contribution < -0.4 is 15.1 Å². The second-order valence-corrected chi connectivity index (χ2v) is 22.6. The quantitative estimate of drug-likeness (QED) is 0.145. The van der Waals surface area contributed by atoms with Crippen molar-refractivity contribution < 1.29 is 32.4 Å². The topological polar surface area (TPSA) is 117 Å². The number of benzene rings is 2. The summed E-state index contributed by atoms with van der Waals surface area (Å²) < 4.78 is 45.3. The van der Waals surface area contributed by atoms with Gasteiger partial charge in [-0.2, -0.15) is 4.31 Å². The lowest BCUT2D eigenvalue weighted by molar-refractivity contribution is -0.144. The van der Waals surface area contributed by atoms with Crippen LogP contribution in [0.2, 0.25) is 5.04 Å². The Morgan fingerprint density at radius 2 is 1.55 bits per heavy atom. The summed E-state index contributed by atoms with van der Waals surface area (Å²) in [5, 5.41) is 2.41. The third kappa shape index (κ3) is 9.39. The average Bonchev–Trinajstić information content (AvgIpc) is 3.61. The molecule has 0 radical (unpaired) electrons. The van der Waals surface area contributed by atoms with E-state index in [1.807, 2.05) is 6.92 Å². The minimum Gasteiger partial charge on any atom is -0.473 e. The molecule has 12 heteroatoms. The van der Waals surface area contributed by atoms with E-state index >= 15 is 4.21 Å². The van der Waals surface area contributed by atoms with Crippen molar-refractivity contribution in [1.82, 2.24) is 9.29 Å². The Labute approximate surface area is 317 Å². The van der Waals surface area contributed by atoms with Crippen LogP contribution in [0.25, 0.3) is 0 Å². The molecule has 0 N–H and O–H groups in total. The Kier molecular flexibility index (Phi) is 12.9. The number of pyridine rings is 1. The second-order valence-electron chi connectivity index (χ2n) is 16.2. The first-order valence-corrected chi connectivity index (χ1v) is 22.2. The molecule has 1 saturated carbocycles. The molecule has 1 aliphatic carbocycles. The first-order chi connectivity index (χ1) is 25.1. The fourth-order valence-corrected chi connectivity index (χ4v) is 14.5. The van der Waals surface area contributed by atoms with Crippen LogP contribution in [0.3, 0.4) is 0 Å². The van der Waals surface area contributed by atoms with Gasteiger partial charge in [-0.05, 0) is 99.7 Å². The summed E-state index contributed by atoms with van der Waals surface area (Å²) in [6, 6.07) is 23.9. The molecule has 0 bridgehead atoms. The summed E-state index contributed by atoms with van der Waals surface area (Å²) >= 11 is 0. The number of aryl methyl sites for hydroxylation is 1. The molecule has 2 fully saturated rings. The summed E-state index contributed by atoms with van der Waals surface area (Å²) in [6.45, 7) is 14.8. The van der Waals surface area contributed by atoms with Crippen LogP contribution in [0.4, 0.5) is 4.79 Å². The van der Waals surface area contributed by atoms with Gasteiger partial charge in [0, 0.05) is 18.8 Å². The van der Waals surface area contributed by atoms with E-state index in [9.17, 15) is 9.59 Å². The lowest BCUT2D eigenvalue weighted by Gasteiger charge is -2.43. The number of carbonyl (C=O) groups excluding carboxylic acids is 2. The van der Waals surface area contributed by atoms with Crippen molar-refractivity contribution >= 4 is 40.7 Å². The molecule has 2 aromatic carbocycles. The Morgan fingerprint density at radius 3 is 2.13 bits per heavy atom. The van der Waals surface area contributed by atoms with Crippen molar-refractivity contribution in [3.63, 3.8) is 0 Å². The third-order valence-corrected chi connectivity index (χ3v) is 17.5. The molecule has 1 aromatic heterocycles. The highest BCUT2D eigenvalue weighted by molar-refractivity contribution is 7.91. The summed E-state index contributed by atoms with van der Waals surface area (Å²) in [7, 11) is -5.12. The van der Waals surface area contributed by atoms with Crippen LogP contribution in [-0.2, 0) is 28.6 Å². The zero-order chi connectivity index (χ0) is 38.4. The van der Waals surface area contributed by atoms with Crippen molar-refractivity contribution in [2.75, 3.05) is 20.3 Å². The van der Waals surface area contributed by atoms with E-state index in [-0.39, 0.29) is 28.5 Å². The lowest BCUT2D eigenvalue weighted by Crippen LogP contribution is -2.66. The first kappa shape index (κ1) is 40.6. The van der Waals surface area contributed by atoms with Crippen molar-refractivity contribution in [2.45, 2.75) is 121 Å². The summed E-state index contributed by atoms with van der Waals surface area (Å²) in [4.78, 5) is 30.9. The van der Waals surface area contributed by atoms with Gasteiger partial charge in [-0.15, -0.1) is 4.36 Å². The number of nitrogens with zero attached hydrogens (tertiary/aromatic N) is 3. The highest BCUT2D eigenvalue weighted by Gasteiger charge is 2.50. The van der Waals surface area contributed by atoms with Gasteiger partial charge in [0.1, 0.15) is 22.6 Å². The average molecular weight is 764 g/mol. The first-order valence-electron chi connectivity index (χ1n) is 18.8. The molecule has 1 amide bonds. The maximum atomic E-state index is 15.2. The van der Waals surface area contributed by atoms with E-state index < -0.39 is 41.9 Å². The van der Waals surface area contributed by atoms with Crippen molar-refractivity contribution in [2.24, 2.45) is 10.3 Å². The van der Waals surface area contributed by atoms with Gasteiger partial charge in [0.25, 0.3) is 8.32 Å². The maximum absolute atomic E-state index is 15.2. The Hall–Kier alpha value is -3.58. The number of esters is 1. The molecule has 1 aliphatic heterocycles. The molecule has 4 atom stereocenters. The monoisotopic (exact) mass is 763 g/mol. The van der Waals surface area contributed by atoms with Gasteiger partial charge < -0.3 is 18.6 Å². The third-order valence-electron chi connectivity index (χ3n) is 10.1. The number of hydrogen-bond donors (Lipinski definition) is 0. The predicted octanol–water partition coefficient (Wildman–Crippen LogP) is 7.61. The fraction of sp³-hybridized carbons (Fsp3) is 0.537. The molecular formula is C41H57N3O7SSi. The van der Waals surface area contributed by atoms with E-state index in [1.165, 1.54) is 21.8 Å². The number of carbonyl (C=O) groups is 2. The molecule has 2 heterocycles. The number of aromatic nitrogens is 1. The number of ether oxygens (including phenoxy) is 3. The number of rotatable bonds is 11. The van der Waals surface area contributed by atoms with Crippen LogP contribution in [0.5, 0.6) is 5.88 Å². The van der Waals surface area contributed by atoms with Gasteiger partial charge >= 0.3 is 12.1 Å². The van der Waals surface area contributed by atoms with Crippen molar-refractivity contribution in [1.29, 1.82) is 0 Å². The van der Waals surface area contributed by atoms with Crippen molar-refractivity contribution in [3.05, 3.63) is 78.5 Å². The summed E-state index contributed by atoms with van der Waals surface area (Å²) in [6.07, 6.45) is 4.29. The van der Waals surface area contributed by atoms with Gasteiger partial charge in [-0.25, -0.2) is 14.0 Å². The molecular weight excluding hydrogens is 707 g/mol. The van der Waals surface area contributed by atoms with Crippen LogP contribution in [0.1, 0.15) is 92.2 Å². The van der Waals surface area contributed by atoms with Gasteiger partial charge in [0.2, 0.25) is 5.88 Å². The molecule has 1 saturated heterocycles. The van der Waals surface area contributed by atoms with E-state index in [4.69, 9.17) is 23.6 Å². The molecule has 5 rings (SSSR count). The Bertz CT molecular complexity index is 1800. The zero-order valence-corrected chi connectivity index (χ0v) is 34.4. The second kappa shape index (κ2) is 16.8. The molecule has 0 unspecified atom stereocenters. The van der Waals surface area contributed by atoms with Gasteiger partial charge in [-0.3, -0.25) is 4.79 Å². The number of methoxy groups -OCH3 is 1. The van der Waals surface area contributed by atoms with Gasteiger partial charge in [-0.1, -0.05) is 87.9 Å². The van der Waals surface area contributed by atoms with Crippen LogP contribution in [-0.4, -0.2) is 71.9 Å². The number of hydrogen-bond acceptors (Lipinski definition) is 8. The van der Waals surface area contributed by atoms with Gasteiger partial charge in [0.05, 0.1) is 7.11 Å². The summed E-state index contributed by atoms with van der Waals surface area (Å²) in [5.41, 5.74) is -0.198. The van der Waals surface area contributed by atoms with Gasteiger partial charge in [0.15, 0.2) is 9.92 Å². The minimum atomic E-state index is -3.75. The lowest BCUT2D eigenvalue weighted by atomic mass is 9.85. The Balaban J connectivity index is 1.40. The molecule has 53 heavy (non-hydrogen) atoms. The van der Waals surface area contributed by atoms with E-state index in [0.717, 1.165) is 32.1 Å². The fourth-order valence-electron chi connectivity index (χ4n) is 7.73. The normalized spacial score (nSPS) is 21.0. The molecule has 288 valence electrons.